The van der Waals surface area contributed by atoms with E-state index in [0.717, 1.165) is 16.4 Å². The third-order valence-electron chi connectivity index (χ3n) is 4.66. The molecular weight excluding hydrogens is 348 g/mol. The Morgan fingerprint density at radius 1 is 1.48 bits per heavy atom. The number of fused-ring (bicyclic) bond motifs is 1. The van der Waals surface area contributed by atoms with Gasteiger partial charge in [0.15, 0.2) is 0 Å². The molecule has 0 unspecified atom stereocenters. The lowest BCUT2D eigenvalue weighted by Crippen LogP contribution is -2.54. The number of amides is 1. The van der Waals surface area contributed by atoms with Gasteiger partial charge in [-0.25, -0.2) is 13.8 Å². The summed E-state index contributed by atoms with van der Waals surface area (Å²) >= 11 is 1.60. The summed E-state index contributed by atoms with van der Waals surface area (Å²) in [6.07, 6.45) is 1.11. The quantitative estimate of drug-likeness (QED) is 0.899. The Bertz CT molecular complexity index is 781. The topological polar surface area (TPSA) is 63.1 Å². The maximum Gasteiger partial charge on any atom is 0.252 e. The van der Waals surface area contributed by atoms with Crippen molar-refractivity contribution in [2.45, 2.75) is 50.9 Å². The van der Waals surface area contributed by atoms with E-state index in [4.69, 9.17) is 0 Å². The molecule has 2 aromatic heterocycles. The maximum absolute atomic E-state index is 13.0. The van der Waals surface area contributed by atoms with Gasteiger partial charge in [0.2, 0.25) is 5.91 Å². The standard InChI is InChI=1S/C16H19F2N5OS/c1-10-20-12(9-25-10)6-22-7-13-2-3-19-23(13)14(8-22)15(24)21-11-4-16(17,18)5-11/h2-3,9,11,14H,4-8H2,1H3,(H,21,24)/t14-/m1/s1. The average molecular weight is 367 g/mol. The van der Waals surface area contributed by atoms with E-state index in [0.29, 0.717) is 19.6 Å². The molecule has 1 amide bonds. The molecule has 25 heavy (non-hydrogen) atoms. The van der Waals surface area contributed by atoms with Crippen LogP contribution >= 0.6 is 11.3 Å². The zero-order valence-electron chi connectivity index (χ0n) is 13.8. The fourth-order valence-corrected chi connectivity index (χ4v) is 4.05. The van der Waals surface area contributed by atoms with Gasteiger partial charge >= 0.3 is 0 Å². The summed E-state index contributed by atoms with van der Waals surface area (Å²) in [5.41, 5.74) is 1.92. The highest BCUT2D eigenvalue weighted by Crippen LogP contribution is 2.37. The van der Waals surface area contributed by atoms with Crippen LogP contribution in [0.1, 0.15) is 35.3 Å². The van der Waals surface area contributed by atoms with Gasteiger partial charge in [-0.1, -0.05) is 0 Å². The van der Waals surface area contributed by atoms with Gasteiger partial charge < -0.3 is 5.32 Å². The molecule has 1 aliphatic carbocycles. The Morgan fingerprint density at radius 2 is 2.28 bits per heavy atom. The number of thiazole rings is 1. The predicted octanol–water partition coefficient (Wildman–Crippen LogP) is 2.12. The van der Waals surface area contributed by atoms with Gasteiger partial charge in [-0.3, -0.25) is 14.4 Å². The molecular formula is C16H19F2N5OS. The van der Waals surface area contributed by atoms with Crippen molar-refractivity contribution in [2.75, 3.05) is 6.54 Å². The zero-order chi connectivity index (χ0) is 17.6. The Balaban J connectivity index is 1.46. The lowest BCUT2D eigenvalue weighted by Gasteiger charge is -2.38. The van der Waals surface area contributed by atoms with Crippen LogP contribution in [0, 0.1) is 6.92 Å². The summed E-state index contributed by atoms with van der Waals surface area (Å²) in [6.45, 7) is 3.78. The third kappa shape index (κ3) is 3.43. The van der Waals surface area contributed by atoms with E-state index in [2.05, 4.69) is 20.3 Å². The minimum atomic E-state index is -2.64. The molecule has 6 nitrogen and oxygen atoms in total. The second kappa shape index (κ2) is 6.14. The molecule has 1 aliphatic heterocycles. The Kier molecular flexibility index (Phi) is 4.07. The normalized spacial score (nSPS) is 23.1. The number of hydrogen-bond donors (Lipinski definition) is 1. The smallest absolute Gasteiger partial charge is 0.252 e. The molecule has 0 spiro atoms. The van der Waals surface area contributed by atoms with Crippen LogP contribution in [-0.2, 0) is 17.9 Å². The van der Waals surface area contributed by atoms with Crippen molar-refractivity contribution in [1.82, 2.24) is 25.0 Å². The number of nitrogens with one attached hydrogen (secondary N) is 1. The van der Waals surface area contributed by atoms with E-state index < -0.39 is 18.0 Å². The first-order valence-corrected chi connectivity index (χ1v) is 9.11. The van der Waals surface area contributed by atoms with E-state index in [9.17, 15) is 13.6 Å². The molecule has 134 valence electrons. The summed E-state index contributed by atoms with van der Waals surface area (Å²) in [6, 6.07) is 0.932. The van der Waals surface area contributed by atoms with Gasteiger partial charge in [0.25, 0.3) is 5.92 Å². The van der Waals surface area contributed by atoms with Crippen LogP contribution in [-0.4, -0.2) is 44.1 Å². The number of rotatable bonds is 4. The number of carbonyl (C=O) groups excluding carboxylic acids is 1. The molecule has 0 aromatic carbocycles. The summed E-state index contributed by atoms with van der Waals surface area (Å²) in [7, 11) is 0. The van der Waals surface area contributed by atoms with Gasteiger partial charge in [0.1, 0.15) is 6.04 Å². The van der Waals surface area contributed by atoms with E-state index in [1.807, 2.05) is 18.4 Å². The molecule has 0 radical (unpaired) electrons. The van der Waals surface area contributed by atoms with Crippen molar-refractivity contribution >= 4 is 17.2 Å². The number of aryl methyl sites for hydroxylation is 1. The van der Waals surface area contributed by atoms with Gasteiger partial charge in [0.05, 0.1) is 16.4 Å². The van der Waals surface area contributed by atoms with Crippen molar-refractivity contribution in [2.24, 2.45) is 0 Å². The van der Waals surface area contributed by atoms with Crippen LogP contribution in [0.25, 0.3) is 0 Å². The van der Waals surface area contributed by atoms with Crippen LogP contribution in [0.15, 0.2) is 17.6 Å². The van der Waals surface area contributed by atoms with Gasteiger partial charge in [0, 0.05) is 50.1 Å². The molecule has 0 bridgehead atoms. The number of nitrogens with zero attached hydrogens (tertiary/aromatic N) is 4. The number of halogens is 2. The molecule has 2 aromatic rings. The van der Waals surface area contributed by atoms with Crippen molar-refractivity contribution < 1.29 is 13.6 Å². The molecule has 1 atom stereocenters. The second-order valence-electron chi connectivity index (χ2n) is 6.78. The van der Waals surface area contributed by atoms with Gasteiger partial charge in [-0.15, -0.1) is 11.3 Å². The van der Waals surface area contributed by atoms with E-state index in [-0.39, 0.29) is 18.7 Å². The minimum absolute atomic E-state index is 0.246. The van der Waals surface area contributed by atoms with Crippen molar-refractivity contribution in [1.29, 1.82) is 0 Å². The highest BCUT2D eigenvalue weighted by Gasteiger charge is 2.46. The molecule has 0 saturated heterocycles. The number of aromatic nitrogens is 3. The van der Waals surface area contributed by atoms with Crippen molar-refractivity contribution in [3.8, 4) is 0 Å². The summed E-state index contributed by atoms with van der Waals surface area (Å²) in [5.74, 6) is -2.89. The summed E-state index contributed by atoms with van der Waals surface area (Å²) in [5, 5.41) is 10.0. The molecule has 1 N–H and O–H groups in total. The van der Waals surface area contributed by atoms with Crippen LogP contribution in [0.3, 0.4) is 0 Å². The molecule has 2 aliphatic rings. The molecule has 3 heterocycles. The van der Waals surface area contributed by atoms with Crippen LogP contribution in [0.2, 0.25) is 0 Å². The summed E-state index contributed by atoms with van der Waals surface area (Å²) < 4.78 is 27.7. The highest BCUT2D eigenvalue weighted by molar-refractivity contribution is 7.09. The highest BCUT2D eigenvalue weighted by atomic mass is 32.1. The first-order valence-electron chi connectivity index (χ1n) is 8.23. The maximum atomic E-state index is 13.0. The molecule has 1 fully saturated rings. The SMILES string of the molecule is Cc1nc(CN2Cc3ccnn3[C@@H](C(=O)NC3CC(F)(F)C3)C2)cs1. The fraction of sp³-hybridized carbons (Fsp3) is 0.562. The van der Waals surface area contributed by atoms with Gasteiger partial charge in [-0.2, -0.15) is 5.10 Å². The first kappa shape index (κ1) is 16.6. The number of hydrogen-bond acceptors (Lipinski definition) is 5. The Morgan fingerprint density at radius 3 is 2.96 bits per heavy atom. The first-order chi connectivity index (χ1) is 11.9. The number of alkyl halides is 2. The zero-order valence-corrected chi connectivity index (χ0v) is 14.6. The van der Waals surface area contributed by atoms with E-state index in [1.165, 1.54) is 0 Å². The van der Waals surface area contributed by atoms with E-state index >= 15 is 0 Å². The van der Waals surface area contributed by atoms with Crippen LogP contribution in [0.5, 0.6) is 0 Å². The lowest BCUT2D eigenvalue weighted by atomic mass is 9.88. The Labute approximate surface area is 147 Å². The minimum Gasteiger partial charge on any atom is -0.351 e. The third-order valence-corrected chi connectivity index (χ3v) is 5.48. The predicted molar refractivity (Wildman–Crippen MR) is 88.3 cm³/mol. The van der Waals surface area contributed by atoms with Crippen LogP contribution in [0.4, 0.5) is 8.78 Å². The number of carbonyl (C=O) groups is 1. The van der Waals surface area contributed by atoms with Crippen molar-refractivity contribution in [3.63, 3.8) is 0 Å². The van der Waals surface area contributed by atoms with Crippen molar-refractivity contribution in [3.05, 3.63) is 34.0 Å². The van der Waals surface area contributed by atoms with Gasteiger partial charge in [-0.05, 0) is 13.0 Å². The summed E-state index contributed by atoms with van der Waals surface area (Å²) in [4.78, 5) is 19.2. The van der Waals surface area contributed by atoms with E-state index in [1.54, 1.807) is 22.2 Å². The second-order valence-corrected chi connectivity index (χ2v) is 7.84. The molecule has 4 rings (SSSR count). The monoisotopic (exact) mass is 367 g/mol. The lowest BCUT2D eigenvalue weighted by molar-refractivity contribution is -0.133. The molecule has 1 saturated carbocycles. The van der Waals surface area contributed by atoms with Crippen LogP contribution < -0.4 is 5.32 Å². The average Bonchev–Trinajstić information content (AvgIpc) is 3.13. The Hall–Kier alpha value is -1.87. The largest absolute Gasteiger partial charge is 0.351 e. The molecule has 9 heteroatoms. The fourth-order valence-electron chi connectivity index (χ4n) is 3.45.